The zero-order chi connectivity index (χ0) is 23.8. The molecule has 11 heteroatoms. The fraction of sp³-hybridized carbons (Fsp3) is 0.273. The molecule has 174 valence electrons. The Morgan fingerprint density at radius 2 is 1.76 bits per heavy atom. The van der Waals surface area contributed by atoms with E-state index in [1.807, 2.05) is 0 Å². The van der Waals surface area contributed by atoms with Crippen molar-refractivity contribution in [3.8, 4) is 10.6 Å². The zero-order valence-electron chi connectivity index (χ0n) is 17.5. The molecular formula is C22H20F3N3O3S2. The molecular weight excluding hydrogens is 475 g/mol. The molecule has 0 spiro atoms. The average Bonchev–Trinajstić information content (AvgIpc) is 3.44. The number of alkyl halides is 3. The van der Waals surface area contributed by atoms with Crippen LogP contribution in [-0.2, 0) is 16.2 Å². The van der Waals surface area contributed by atoms with Crippen molar-refractivity contribution in [2.75, 3.05) is 18.4 Å². The van der Waals surface area contributed by atoms with Crippen LogP contribution < -0.4 is 5.32 Å². The summed E-state index contributed by atoms with van der Waals surface area (Å²) in [5, 5.41) is 3.11. The molecule has 1 amide bonds. The first-order valence-corrected chi connectivity index (χ1v) is 12.4. The molecule has 0 saturated carbocycles. The fourth-order valence-electron chi connectivity index (χ4n) is 3.53. The monoisotopic (exact) mass is 495 g/mol. The van der Waals surface area contributed by atoms with E-state index in [0.29, 0.717) is 35.0 Å². The van der Waals surface area contributed by atoms with Crippen molar-refractivity contribution in [1.82, 2.24) is 9.29 Å². The van der Waals surface area contributed by atoms with Gasteiger partial charge in [0.25, 0.3) is 5.91 Å². The number of carbonyl (C=O) groups excluding carboxylic acids is 1. The summed E-state index contributed by atoms with van der Waals surface area (Å²) in [6.45, 7) is 2.59. The predicted octanol–water partition coefficient (Wildman–Crippen LogP) is 5.17. The van der Waals surface area contributed by atoms with Crippen LogP contribution in [0.5, 0.6) is 0 Å². The van der Waals surface area contributed by atoms with E-state index in [2.05, 4.69) is 10.3 Å². The van der Waals surface area contributed by atoms with Gasteiger partial charge in [-0.05, 0) is 50.1 Å². The van der Waals surface area contributed by atoms with Crippen LogP contribution in [0.3, 0.4) is 0 Å². The van der Waals surface area contributed by atoms with Crippen LogP contribution in [-0.4, -0.2) is 36.7 Å². The maximum atomic E-state index is 12.8. The molecule has 3 aromatic rings. The molecule has 0 bridgehead atoms. The summed E-state index contributed by atoms with van der Waals surface area (Å²) in [5.41, 5.74) is 0.451. The minimum atomic E-state index is -4.43. The number of hydrogen-bond donors (Lipinski definition) is 1. The molecule has 1 N–H and O–H groups in total. The first-order chi connectivity index (χ1) is 15.6. The zero-order valence-corrected chi connectivity index (χ0v) is 19.1. The van der Waals surface area contributed by atoms with E-state index in [1.54, 1.807) is 19.1 Å². The van der Waals surface area contributed by atoms with Crippen LogP contribution in [0.15, 0.2) is 53.4 Å². The second-order valence-electron chi connectivity index (χ2n) is 7.60. The SMILES string of the molecule is Cc1nc(-c2ccc(C(F)(F)F)cc2)sc1C(=O)Nc1cccc(S(=O)(=O)N2CCCC2)c1. The number of anilines is 1. The smallest absolute Gasteiger partial charge is 0.321 e. The second kappa shape index (κ2) is 8.88. The van der Waals surface area contributed by atoms with Gasteiger partial charge in [-0.2, -0.15) is 17.5 Å². The Morgan fingerprint density at radius 1 is 1.09 bits per heavy atom. The number of sulfonamides is 1. The number of hydrogen-bond acceptors (Lipinski definition) is 5. The molecule has 4 rings (SSSR count). The van der Waals surface area contributed by atoms with E-state index in [0.717, 1.165) is 36.3 Å². The Kier molecular flexibility index (Phi) is 6.30. The number of benzene rings is 2. The summed E-state index contributed by atoms with van der Waals surface area (Å²) in [5.74, 6) is -0.473. The van der Waals surface area contributed by atoms with Crippen molar-refractivity contribution in [2.24, 2.45) is 0 Å². The first-order valence-electron chi connectivity index (χ1n) is 10.1. The molecule has 1 aliphatic heterocycles. The summed E-state index contributed by atoms with van der Waals surface area (Å²) in [4.78, 5) is 17.5. The van der Waals surface area contributed by atoms with Crippen molar-refractivity contribution in [1.29, 1.82) is 0 Å². The molecule has 0 aliphatic carbocycles. The van der Waals surface area contributed by atoms with Crippen LogP contribution >= 0.6 is 11.3 Å². The highest BCUT2D eigenvalue weighted by Crippen LogP contribution is 2.33. The van der Waals surface area contributed by atoms with E-state index >= 15 is 0 Å². The molecule has 1 aliphatic rings. The van der Waals surface area contributed by atoms with Gasteiger partial charge in [-0.3, -0.25) is 4.79 Å². The normalized spacial score (nSPS) is 15.0. The van der Waals surface area contributed by atoms with Crippen molar-refractivity contribution < 1.29 is 26.4 Å². The number of thiazole rings is 1. The Bertz CT molecular complexity index is 1280. The van der Waals surface area contributed by atoms with Gasteiger partial charge in [0.05, 0.1) is 16.2 Å². The number of carbonyl (C=O) groups is 1. The molecule has 6 nitrogen and oxygen atoms in total. The summed E-state index contributed by atoms with van der Waals surface area (Å²) >= 11 is 1.05. The topological polar surface area (TPSA) is 79.4 Å². The molecule has 0 atom stereocenters. The number of aromatic nitrogens is 1. The standard InChI is InChI=1S/C22H20F3N3O3S2/c1-14-19(32-21(26-14)15-7-9-16(10-8-15)22(23,24)25)20(29)27-17-5-4-6-18(13-17)33(30,31)28-11-2-3-12-28/h4-10,13H,2-3,11-12H2,1H3,(H,27,29). The lowest BCUT2D eigenvalue weighted by Crippen LogP contribution is -2.27. The van der Waals surface area contributed by atoms with Gasteiger partial charge in [0.15, 0.2) is 0 Å². The Hall–Kier alpha value is -2.76. The lowest BCUT2D eigenvalue weighted by atomic mass is 10.1. The lowest BCUT2D eigenvalue weighted by molar-refractivity contribution is -0.137. The molecule has 2 aromatic carbocycles. The van der Waals surface area contributed by atoms with Gasteiger partial charge in [0, 0.05) is 24.3 Å². The molecule has 0 radical (unpaired) electrons. The third-order valence-electron chi connectivity index (χ3n) is 5.26. The highest BCUT2D eigenvalue weighted by molar-refractivity contribution is 7.89. The minimum Gasteiger partial charge on any atom is -0.321 e. The number of amides is 1. The summed E-state index contributed by atoms with van der Waals surface area (Å²) in [6, 6.07) is 10.6. The Morgan fingerprint density at radius 3 is 2.39 bits per heavy atom. The van der Waals surface area contributed by atoms with Gasteiger partial charge in [-0.1, -0.05) is 18.2 Å². The van der Waals surface area contributed by atoms with E-state index in [1.165, 1.54) is 28.6 Å². The molecule has 1 saturated heterocycles. The maximum absolute atomic E-state index is 12.8. The third kappa shape index (κ3) is 4.94. The highest BCUT2D eigenvalue weighted by atomic mass is 32.2. The summed E-state index contributed by atoms with van der Waals surface area (Å²) < 4.78 is 65.3. The predicted molar refractivity (Wildman–Crippen MR) is 120 cm³/mol. The van der Waals surface area contributed by atoms with Crippen LogP contribution in [0, 0.1) is 6.92 Å². The number of aryl methyl sites for hydroxylation is 1. The van der Waals surface area contributed by atoms with Crippen molar-refractivity contribution in [3.05, 3.63) is 64.7 Å². The quantitative estimate of drug-likeness (QED) is 0.529. The van der Waals surface area contributed by atoms with Gasteiger partial charge >= 0.3 is 6.18 Å². The third-order valence-corrected chi connectivity index (χ3v) is 8.36. The summed E-state index contributed by atoms with van der Waals surface area (Å²) in [6.07, 6.45) is -2.79. The Labute approximate surface area is 193 Å². The van der Waals surface area contributed by atoms with Crippen molar-refractivity contribution >= 4 is 33.0 Å². The van der Waals surface area contributed by atoms with Crippen molar-refractivity contribution in [2.45, 2.75) is 30.8 Å². The highest BCUT2D eigenvalue weighted by Gasteiger charge is 2.30. The largest absolute Gasteiger partial charge is 0.416 e. The van der Waals surface area contributed by atoms with Crippen LogP contribution in [0.4, 0.5) is 18.9 Å². The van der Waals surface area contributed by atoms with Crippen LogP contribution in [0.2, 0.25) is 0 Å². The molecule has 1 fully saturated rings. The molecule has 0 unspecified atom stereocenters. The fourth-order valence-corrected chi connectivity index (χ4v) is 6.06. The number of nitrogens with zero attached hydrogens (tertiary/aromatic N) is 2. The number of nitrogens with one attached hydrogen (secondary N) is 1. The average molecular weight is 496 g/mol. The van der Waals surface area contributed by atoms with Gasteiger partial charge < -0.3 is 5.32 Å². The number of halogens is 3. The van der Waals surface area contributed by atoms with Gasteiger partial charge in [0.2, 0.25) is 10.0 Å². The number of rotatable bonds is 5. The minimum absolute atomic E-state index is 0.105. The maximum Gasteiger partial charge on any atom is 0.416 e. The van der Waals surface area contributed by atoms with Crippen LogP contribution in [0.1, 0.15) is 33.8 Å². The molecule has 2 heterocycles. The molecule has 33 heavy (non-hydrogen) atoms. The summed E-state index contributed by atoms with van der Waals surface area (Å²) in [7, 11) is -3.62. The lowest BCUT2D eigenvalue weighted by Gasteiger charge is -2.16. The van der Waals surface area contributed by atoms with Crippen LogP contribution in [0.25, 0.3) is 10.6 Å². The second-order valence-corrected chi connectivity index (χ2v) is 10.5. The van der Waals surface area contributed by atoms with E-state index in [4.69, 9.17) is 0 Å². The molecule has 1 aromatic heterocycles. The van der Waals surface area contributed by atoms with E-state index in [-0.39, 0.29) is 9.77 Å². The first kappa shape index (κ1) is 23.4. The van der Waals surface area contributed by atoms with Gasteiger partial charge in [-0.15, -0.1) is 11.3 Å². The van der Waals surface area contributed by atoms with Gasteiger partial charge in [0.1, 0.15) is 9.88 Å². The van der Waals surface area contributed by atoms with Crippen molar-refractivity contribution in [3.63, 3.8) is 0 Å². The Balaban J connectivity index is 1.53. The van der Waals surface area contributed by atoms with E-state index in [9.17, 15) is 26.4 Å². The van der Waals surface area contributed by atoms with Gasteiger partial charge in [-0.25, -0.2) is 13.4 Å². The van der Waals surface area contributed by atoms with E-state index < -0.39 is 27.7 Å².